The van der Waals surface area contributed by atoms with Crippen LogP contribution in [0.2, 0.25) is 0 Å². The van der Waals surface area contributed by atoms with Gasteiger partial charge in [0.05, 0.1) is 12.4 Å². The zero-order valence-electron chi connectivity index (χ0n) is 11.1. The Bertz CT molecular complexity index is 597. The van der Waals surface area contributed by atoms with Crippen molar-refractivity contribution >= 4 is 23.0 Å². The molecule has 0 spiro atoms. The number of thiocarbonyl (C=S) groups is 1. The molecule has 1 aliphatic heterocycles. The molecule has 0 saturated carbocycles. The van der Waals surface area contributed by atoms with E-state index in [4.69, 9.17) is 18.0 Å². The molecular weight excluding hydrogens is 268 g/mol. The van der Waals surface area contributed by atoms with Crippen molar-refractivity contribution in [3.05, 3.63) is 54.0 Å². The van der Waals surface area contributed by atoms with E-state index in [0.717, 1.165) is 25.3 Å². The van der Waals surface area contributed by atoms with E-state index in [2.05, 4.69) is 45.2 Å². The van der Waals surface area contributed by atoms with Crippen LogP contribution in [-0.2, 0) is 0 Å². The molecule has 5 heteroatoms. The maximum atomic E-state index is 5.53. The maximum absolute atomic E-state index is 5.53. The van der Waals surface area contributed by atoms with Gasteiger partial charge >= 0.3 is 0 Å². The SMILES string of the molecule is NC(=S)c1cnc(N2CCC(c3ccccc3)C2)cn1. The molecule has 1 aliphatic rings. The van der Waals surface area contributed by atoms with Gasteiger partial charge in [-0.3, -0.25) is 0 Å². The molecule has 0 radical (unpaired) electrons. The summed E-state index contributed by atoms with van der Waals surface area (Å²) < 4.78 is 0. The Morgan fingerprint density at radius 2 is 2.00 bits per heavy atom. The van der Waals surface area contributed by atoms with Gasteiger partial charge in [-0.25, -0.2) is 9.97 Å². The highest BCUT2D eigenvalue weighted by molar-refractivity contribution is 7.80. The van der Waals surface area contributed by atoms with Gasteiger partial charge in [-0.1, -0.05) is 42.5 Å². The van der Waals surface area contributed by atoms with Crippen molar-refractivity contribution in [2.24, 2.45) is 5.73 Å². The van der Waals surface area contributed by atoms with Crippen LogP contribution in [0.3, 0.4) is 0 Å². The molecule has 0 aliphatic carbocycles. The number of rotatable bonds is 3. The summed E-state index contributed by atoms with van der Waals surface area (Å²) in [5.41, 5.74) is 7.49. The zero-order valence-corrected chi connectivity index (χ0v) is 11.9. The fourth-order valence-electron chi connectivity index (χ4n) is 2.58. The normalized spacial score (nSPS) is 18.2. The molecule has 2 heterocycles. The van der Waals surface area contributed by atoms with Crippen LogP contribution >= 0.6 is 12.2 Å². The third-order valence-corrected chi connectivity index (χ3v) is 3.88. The fourth-order valence-corrected chi connectivity index (χ4v) is 2.68. The minimum absolute atomic E-state index is 0.285. The summed E-state index contributed by atoms with van der Waals surface area (Å²) in [6, 6.07) is 10.6. The largest absolute Gasteiger partial charge is 0.388 e. The lowest BCUT2D eigenvalue weighted by Gasteiger charge is -2.17. The van der Waals surface area contributed by atoms with Gasteiger partial charge in [-0.05, 0) is 12.0 Å². The highest BCUT2D eigenvalue weighted by Gasteiger charge is 2.24. The smallest absolute Gasteiger partial charge is 0.147 e. The van der Waals surface area contributed by atoms with Gasteiger partial charge < -0.3 is 10.6 Å². The van der Waals surface area contributed by atoms with Crippen LogP contribution in [-0.4, -0.2) is 28.0 Å². The summed E-state index contributed by atoms with van der Waals surface area (Å²) in [5, 5.41) is 0. The molecule has 0 amide bonds. The molecule has 1 atom stereocenters. The van der Waals surface area contributed by atoms with Gasteiger partial charge in [0, 0.05) is 19.0 Å². The van der Waals surface area contributed by atoms with Gasteiger partial charge in [0.2, 0.25) is 0 Å². The third kappa shape index (κ3) is 2.63. The van der Waals surface area contributed by atoms with Crippen molar-refractivity contribution in [1.82, 2.24) is 9.97 Å². The number of nitrogens with two attached hydrogens (primary N) is 1. The Hall–Kier alpha value is -2.01. The van der Waals surface area contributed by atoms with Crippen LogP contribution in [0, 0.1) is 0 Å². The average molecular weight is 284 g/mol. The Morgan fingerprint density at radius 3 is 2.65 bits per heavy atom. The second-order valence-electron chi connectivity index (χ2n) is 4.97. The van der Waals surface area contributed by atoms with Crippen molar-refractivity contribution in [1.29, 1.82) is 0 Å². The first-order valence-electron chi connectivity index (χ1n) is 6.66. The topological polar surface area (TPSA) is 55.0 Å². The van der Waals surface area contributed by atoms with Gasteiger partial charge in [0.15, 0.2) is 0 Å². The molecule has 1 aromatic heterocycles. The van der Waals surface area contributed by atoms with Crippen LogP contribution in [0.25, 0.3) is 0 Å². The van der Waals surface area contributed by atoms with Gasteiger partial charge in [-0.2, -0.15) is 0 Å². The van der Waals surface area contributed by atoms with Crippen molar-refractivity contribution in [3.63, 3.8) is 0 Å². The minimum atomic E-state index is 0.285. The van der Waals surface area contributed by atoms with E-state index in [0.29, 0.717) is 11.6 Å². The molecule has 1 saturated heterocycles. The second-order valence-corrected chi connectivity index (χ2v) is 5.41. The number of benzene rings is 1. The first-order valence-corrected chi connectivity index (χ1v) is 7.06. The molecule has 20 heavy (non-hydrogen) atoms. The number of nitrogens with zero attached hydrogens (tertiary/aromatic N) is 3. The average Bonchev–Trinajstić information content (AvgIpc) is 2.98. The summed E-state index contributed by atoms with van der Waals surface area (Å²) in [4.78, 5) is 11.2. The molecule has 4 nitrogen and oxygen atoms in total. The Morgan fingerprint density at radius 1 is 1.20 bits per heavy atom. The van der Waals surface area contributed by atoms with Crippen LogP contribution in [0.4, 0.5) is 5.82 Å². The van der Waals surface area contributed by atoms with Crippen molar-refractivity contribution in [3.8, 4) is 0 Å². The summed E-state index contributed by atoms with van der Waals surface area (Å²) in [7, 11) is 0. The summed E-state index contributed by atoms with van der Waals surface area (Å²) >= 11 is 4.88. The molecule has 2 aromatic rings. The van der Waals surface area contributed by atoms with Gasteiger partial charge in [-0.15, -0.1) is 0 Å². The maximum Gasteiger partial charge on any atom is 0.147 e. The van der Waals surface area contributed by atoms with Crippen molar-refractivity contribution < 1.29 is 0 Å². The monoisotopic (exact) mass is 284 g/mol. The number of hydrogen-bond donors (Lipinski definition) is 1. The summed E-state index contributed by atoms with van der Waals surface area (Å²) in [6.07, 6.45) is 4.54. The van der Waals surface area contributed by atoms with E-state index in [1.165, 1.54) is 5.56 Å². The summed E-state index contributed by atoms with van der Waals surface area (Å²) in [6.45, 7) is 1.98. The molecule has 2 N–H and O–H groups in total. The van der Waals surface area contributed by atoms with E-state index in [1.807, 2.05) is 0 Å². The van der Waals surface area contributed by atoms with Crippen LogP contribution in [0.5, 0.6) is 0 Å². The Kier molecular flexibility index (Phi) is 3.60. The van der Waals surface area contributed by atoms with Gasteiger partial charge in [0.25, 0.3) is 0 Å². The molecule has 1 fully saturated rings. The molecule has 1 aromatic carbocycles. The molecular formula is C15H16N4S. The lowest BCUT2D eigenvalue weighted by Crippen LogP contribution is -2.21. The molecule has 0 bridgehead atoms. The van der Waals surface area contributed by atoms with E-state index in [1.54, 1.807) is 12.4 Å². The number of aromatic nitrogens is 2. The predicted octanol–water partition coefficient (Wildman–Crippen LogP) is 2.10. The standard InChI is InChI=1S/C15H16N4S/c16-15(20)13-8-18-14(9-17-13)19-7-6-12(10-19)11-4-2-1-3-5-11/h1-5,8-9,12H,6-7,10H2,(H2,16,20). The van der Waals surface area contributed by atoms with Crippen molar-refractivity contribution in [2.45, 2.75) is 12.3 Å². The number of anilines is 1. The van der Waals surface area contributed by atoms with E-state index < -0.39 is 0 Å². The lowest BCUT2D eigenvalue weighted by atomic mass is 9.99. The predicted molar refractivity (Wildman–Crippen MR) is 83.9 cm³/mol. The van der Waals surface area contributed by atoms with E-state index in [-0.39, 0.29) is 4.99 Å². The van der Waals surface area contributed by atoms with E-state index >= 15 is 0 Å². The first kappa shape index (κ1) is 13.0. The van der Waals surface area contributed by atoms with E-state index in [9.17, 15) is 0 Å². The van der Waals surface area contributed by atoms with Crippen LogP contribution < -0.4 is 10.6 Å². The highest BCUT2D eigenvalue weighted by atomic mass is 32.1. The molecule has 3 rings (SSSR count). The molecule has 102 valence electrons. The Balaban J connectivity index is 1.72. The summed E-state index contributed by atoms with van der Waals surface area (Å²) in [5.74, 6) is 1.46. The fraction of sp³-hybridized carbons (Fsp3) is 0.267. The first-order chi connectivity index (χ1) is 9.74. The van der Waals surface area contributed by atoms with Crippen LogP contribution in [0.1, 0.15) is 23.6 Å². The minimum Gasteiger partial charge on any atom is -0.388 e. The zero-order chi connectivity index (χ0) is 13.9. The van der Waals surface area contributed by atoms with Gasteiger partial charge in [0.1, 0.15) is 16.5 Å². The van der Waals surface area contributed by atoms with Crippen molar-refractivity contribution in [2.75, 3.05) is 18.0 Å². The second kappa shape index (κ2) is 5.54. The van der Waals surface area contributed by atoms with Crippen LogP contribution in [0.15, 0.2) is 42.7 Å². The quantitative estimate of drug-likeness (QED) is 0.875. The third-order valence-electron chi connectivity index (χ3n) is 3.67. The highest BCUT2D eigenvalue weighted by Crippen LogP contribution is 2.29. The molecule has 1 unspecified atom stereocenters. The Labute approximate surface area is 123 Å². The lowest BCUT2D eigenvalue weighted by molar-refractivity contribution is 0.774. The number of hydrogen-bond acceptors (Lipinski definition) is 4.